The minimum absolute atomic E-state index is 0.945. The first kappa shape index (κ1) is 7.09. The Labute approximate surface area is 61.1 Å². The SMILES string of the molecule is CCC(NN)=C1C=CC=C1. The maximum atomic E-state index is 5.29. The first-order chi connectivity index (χ1) is 4.88. The summed E-state index contributed by atoms with van der Waals surface area (Å²) in [6.07, 6.45) is 9.03. The molecular formula is C8H12N2. The quantitative estimate of drug-likeness (QED) is 0.442. The maximum absolute atomic E-state index is 5.29. The fourth-order valence-electron chi connectivity index (χ4n) is 0.965. The number of nitrogens with one attached hydrogen (secondary N) is 1. The van der Waals surface area contributed by atoms with Crippen molar-refractivity contribution in [1.29, 1.82) is 0 Å². The van der Waals surface area contributed by atoms with E-state index in [1.165, 1.54) is 5.57 Å². The molecule has 0 heterocycles. The van der Waals surface area contributed by atoms with Gasteiger partial charge in [0.1, 0.15) is 0 Å². The molecule has 0 spiro atoms. The van der Waals surface area contributed by atoms with Crippen LogP contribution in [0.15, 0.2) is 35.6 Å². The molecule has 0 fully saturated rings. The second-order valence-corrected chi connectivity index (χ2v) is 2.15. The first-order valence-electron chi connectivity index (χ1n) is 3.43. The molecule has 1 rings (SSSR count). The molecule has 0 amide bonds. The molecule has 54 valence electrons. The van der Waals surface area contributed by atoms with Gasteiger partial charge >= 0.3 is 0 Å². The zero-order valence-electron chi connectivity index (χ0n) is 6.09. The van der Waals surface area contributed by atoms with E-state index in [1.54, 1.807) is 0 Å². The van der Waals surface area contributed by atoms with E-state index < -0.39 is 0 Å². The van der Waals surface area contributed by atoms with E-state index in [-0.39, 0.29) is 0 Å². The van der Waals surface area contributed by atoms with Gasteiger partial charge in [-0.1, -0.05) is 31.2 Å². The molecular weight excluding hydrogens is 124 g/mol. The van der Waals surface area contributed by atoms with E-state index >= 15 is 0 Å². The van der Waals surface area contributed by atoms with E-state index in [1.807, 2.05) is 24.3 Å². The molecule has 3 N–H and O–H groups in total. The topological polar surface area (TPSA) is 38.0 Å². The smallest absolute Gasteiger partial charge is 0.0328 e. The summed E-state index contributed by atoms with van der Waals surface area (Å²) < 4.78 is 0. The molecule has 2 heteroatoms. The Kier molecular flexibility index (Phi) is 2.29. The highest BCUT2D eigenvalue weighted by Crippen LogP contribution is 2.12. The normalized spacial score (nSPS) is 14.4. The Morgan fingerprint density at radius 3 is 2.50 bits per heavy atom. The summed E-state index contributed by atoms with van der Waals surface area (Å²) in [5.41, 5.74) is 4.94. The van der Waals surface area contributed by atoms with E-state index in [2.05, 4.69) is 12.3 Å². The molecule has 0 saturated heterocycles. The van der Waals surface area contributed by atoms with Gasteiger partial charge in [-0.2, -0.15) is 0 Å². The zero-order chi connectivity index (χ0) is 7.40. The number of nitrogens with two attached hydrogens (primary N) is 1. The van der Waals surface area contributed by atoms with Gasteiger partial charge in [-0.3, -0.25) is 5.84 Å². The van der Waals surface area contributed by atoms with Gasteiger partial charge in [0.15, 0.2) is 0 Å². The van der Waals surface area contributed by atoms with Crippen molar-refractivity contribution in [2.24, 2.45) is 5.84 Å². The zero-order valence-corrected chi connectivity index (χ0v) is 6.09. The van der Waals surface area contributed by atoms with Crippen molar-refractivity contribution in [1.82, 2.24) is 5.43 Å². The Balaban J connectivity index is 2.81. The summed E-state index contributed by atoms with van der Waals surface area (Å²) >= 11 is 0. The van der Waals surface area contributed by atoms with Gasteiger partial charge in [-0.25, -0.2) is 0 Å². The molecule has 0 saturated carbocycles. The highest BCUT2D eigenvalue weighted by atomic mass is 15.2. The molecule has 0 atom stereocenters. The summed E-state index contributed by atoms with van der Waals surface area (Å²) in [6.45, 7) is 2.07. The Bertz CT molecular complexity index is 179. The number of allylic oxidation sites excluding steroid dienone is 6. The van der Waals surface area contributed by atoms with Gasteiger partial charge in [0.25, 0.3) is 0 Å². The fourth-order valence-corrected chi connectivity index (χ4v) is 0.965. The van der Waals surface area contributed by atoms with E-state index in [9.17, 15) is 0 Å². The molecule has 10 heavy (non-hydrogen) atoms. The van der Waals surface area contributed by atoms with Crippen LogP contribution < -0.4 is 11.3 Å². The van der Waals surface area contributed by atoms with Crippen molar-refractivity contribution in [3.05, 3.63) is 35.6 Å². The number of rotatable bonds is 2. The Hall–Kier alpha value is -1.02. The third kappa shape index (κ3) is 1.28. The lowest BCUT2D eigenvalue weighted by Gasteiger charge is -2.03. The average molecular weight is 136 g/mol. The number of hydrogen-bond donors (Lipinski definition) is 2. The van der Waals surface area contributed by atoms with Crippen molar-refractivity contribution >= 4 is 0 Å². The van der Waals surface area contributed by atoms with Crippen LogP contribution in [0.25, 0.3) is 0 Å². The first-order valence-corrected chi connectivity index (χ1v) is 3.43. The van der Waals surface area contributed by atoms with Crippen LogP contribution in [0.2, 0.25) is 0 Å². The van der Waals surface area contributed by atoms with Gasteiger partial charge < -0.3 is 5.43 Å². The highest BCUT2D eigenvalue weighted by Gasteiger charge is 1.98. The second-order valence-electron chi connectivity index (χ2n) is 2.15. The lowest BCUT2D eigenvalue weighted by Crippen LogP contribution is -2.21. The van der Waals surface area contributed by atoms with Crippen molar-refractivity contribution in [3.63, 3.8) is 0 Å². The second kappa shape index (κ2) is 3.22. The van der Waals surface area contributed by atoms with Crippen LogP contribution in [-0.4, -0.2) is 0 Å². The van der Waals surface area contributed by atoms with E-state index in [0.29, 0.717) is 0 Å². The Morgan fingerprint density at radius 1 is 1.50 bits per heavy atom. The van der Waals surface area contributed by atoms with Crippen molar-refractivity contribution in [3.8, 4) is 0 Å². The predicted molar refractivity (Wildman–Crippen MR) is 42.9 cm³/mol. The molecule has 0 aliphatic heterocycles. The van der Waals surface area contributed by atoms with Crippen molar-refractivity contribution in [2.45, 2.75) is 13.3 Å². The van der Waals surface area contributed by atoms with Crippen LogP contribution in [0.5, 0.6) is 0 Å². The summed E-state index contributed by atoms with van der Waals surface area (Å²) in [5, 5.41) is 0. The Morgan fingerprint density at radius 2 is 2.10 bits per heavy atom. The van der Waals surface area contributed by atoms with Crippen molar-refractivity contribution < 1.29 is 0 Å². The number of hydrazine groups is 1. The molecule has 1 aliphatic rings. The van der Waals surface area contributed by atoms with Gasteiger partial charge in [0, 0.05) is 5.70 Å². The van der Waals surface area contributed by atoms with E-state index in [0.717, 1.165) is 12.1 Å². The maximum Gasteiger partial charge on any atom is 0.0328 e. The lowest BCUT2D eigenvalue weighted by molar-refractivity contribution is 0.820. The predicted octanol–water partition coefficient (Wildman–Crippen LogP) is 1.24. The molecule has 0 unspecified atom stereocenters. The minimum Gasteiger partial charge on any atom is -0.328 e. The third-order valence-electron chi connectivity index (χ3n) is 1.54. The van der Waals surface area contributed by atoms with Gasteiger partial charge in [-0.15, -0.1) is 0 Å². The molecule has 1 aliphatic carbocycles. The number of hydrogen-bond acceptors (Lipinski definition) is 2. The van der Waals surface area contributed by atoms with Crippen LogP contribution in [0, 0.1) is 0 Å². The van der Waals surface area contributed by atoms with Crippen LogP contribution in [0.1, 0.15) is 13.3 Å². The largest absolute Gasteiger partial charge is 0.328 e. The van der Waals surface area contributed by atoms with Crippen LogP contribution >= 0.6 is 0 Å². The van der Waals surface area contributed by atoms with Gasteiger partial charge in [-0.05, 0) is 12.0 Å². The van der Waals surface area contributed by atoms with Gasteiger partial charge in [0.05, 0.1) is 0 Å². The average Bonchev–Trinajstić information content (AvgIpc) is 2.43. The summed E-state index contributed by atoms with van der Waals surface area (Å²) in [7, 11) is 0. The molecule has 0 radical (unpaired) electrons. The molecule has 0 aromatic heterocycles. The fraction of sp³-hybridized carbons (Fsp3) is 0.250. The molecule has 0 aromatic rings. The summed E-state index contributed by atoms with van der Waals surface area (Å²) in [6, 6.07) is 0. The summed E-state index contributed by atoms with van der Waals surface area (Å²) in [4.78, 5) is 0. The minimum atomic E-state index is 0.945. The van der Waals surface area contributed by atoms with E-state index in [4.69, 9.17) is 5.84 Å². The molecule has 0 bridgehead atoms. The van der Waals surface area contributed by atoms with Crippen LogP contribution in [0.4, 0.5) is 0 Å². The lowest BCUT2D eigenvalue weighted by atomic mass is 10.2. The molecule has 0 aromatic carbocycles. The third-order valence-corrected chi connectivity index (χ3v) is 1.54. The highest BCUT2D eigenvalue weighted by molar-refractivity contribution is 5.42. The molecule has 2 nitrogen and oxygen atoms in total. The monoisotopic (exact) mass is 136 g/mol. The summed E-state index contributed by atoms with van der Waals surface area (Å²) in [5.74, 6) is 5.29. The van der Waals surface area contributed by atoms with Crippen LogP contribution in [-0.2, 0) is 0 Å². The van der Waals surface area contributed by atoms with Crippen molar-refractivity contribution in [2.75, 3.05) is 0 Å². The van der Waals surface area contributed by atoms with Gasteiger partial charge in [0.2, 0.25) is 0 Å². The van der Waals surface area contributed by atoms with Crippen LogP contribution in [0.3, 0.4) is 0 Å². The standard InChI is InChI=1S/C8H12N2/c1-2-8(10-9)7-5-3-4-6-7/h3-6,10H,2,9H2,1H3.